The van der Waals surface area contributed by atoms with E-state index in [0.717, 1.165) is 38.9 Å². The summed E-state index contributed by atoms with van der Waals surface area (Å²) in [5.41, 5.74) is 1.05. The fourth-order valence-corrected chi connectivity index (χ4v) is 3.26. The van der Waals surface area contributed by atoms with Crippen LogP contribution in [0.3, 0.4) is 0 Å². The summed E-state index contributed by atoms with van der Waals surface area (Å²) in [5.74, 6) is 0. The van der Waals surface area contributed by atoms with Crippen molar-refractivity contribution in [3.8, 4) is 0 Å². The zero-order valence-electron chi connectivity index (χ0n) is 14.9. The summed E-state index contributed by atoms with van der Waals surface area (Å²) in [5, 5.41) is 23.8. The van der Waals surface area contributed by atoms with Crippen molar-refractivity contribution in [2.75, 3.05) is 19.6 Å². The lowest BCUT2D eigenvalue weighted by Crippen LogP contribution is -2.46. The number of aromatic nitrogens is 5. The first-order valence-corrected chi connectivity index (χ1v) is 8.88. The normalized spacial score (nSPS) is 22.4. The number of hydrogen-bond donors (Lipinski definition) is 1. The third-order valence-corrected chi connectivity index (χ3v) is 4.79. The second kappa shape index (κ2) is 7.03. The van der Waals surface area contributed by atoms with Crippen LogP contribution >= 0.6 is 0 Å². The lowest BCUT2D eigenvalue weighted by atomic mass is 9.90. The van der Waals surface area contributed by atoms with Gasteiger partial charge in [0.2, 0.25) is 0 Å². The predicted molar refractivity (Wildman–Crippen MR) is 91.6 cm³/mol. The molecule has 1 N–H and O–H groups in total. The highest BCUT2D eigenvalue weighted by Gasteiger charge is 2.37. The molecule has 3 rings (SSSR count). The molecular weight excluding hydrogens is 304 g/mol. The van der Waals surface area contributed by atoms with Gasteiger partial charge in [0.25, 0.3) is 0 Å². The van der Waals surface area contributed by atoms with E-state index >= 15 is 0 Å². The van der Waals surface area contributed by atoms with Crippen molar-refractivity contribution in [3.63, 3.8) is 0 Å². The van der Waals surface area contributed by atoms with Crippen molar-refractivity contribution < 1.29 is 5.11 Å². The number of rotatable bonds is 6. The zero-order valence-corrected chi connectivity index (χ0v) is 14.9. The van der Waals surface area contributed by atoms with Crippen LogP contribution < -0.4 is 0 Å². The first kappa shape index (κ1) is 17.1. The van der Waals surface area contributed by atoms with Gasteiger partial charge in [-0.2, -0.15) is 5.10 Å². The fraction of sp³-hybridized carbons (Fsp3) is 0.706. The summed E-state index contributed by atoms with van der Waals surface area (Å²) in [6, 6.07) is 0.254. The van der Waals surface area contributed by atoms with E-state index in [-0.39, 0.29) is 6.04 Å². The van der Waals surface area contributed by atoms with Gasteiger partial charge in [-0.1, -0.05) is 5.21 Å². The van der Waals surface area contributed by atoms with E-state index in [1.165, 1.54) is 5.56 Å². The SMILES string of the molecule is CCn1cc(CCN2CCC[C@](O)(c3cn(C(C)C)nn3)C2)cn1. The van der Waals surface area contributed by atoms with Crippen molar-refractivity contribution in [1.29, 1.82) is 0 Å². The molecule has 2 aromatic rings. The summed E-state index contributed by atoms with van der Waals surface area (Å²) in [6.45, 7) is 9.67. The largest absolute Gasteiger partial charge is 0.382 e. The number of aliphatic hydroxyl groups is 1. The van der Waals surface area contributed by atoms with E-state index in [0.29, 0.717) is 12.2 Å². The average molecular weight is 332 g/mol. The maximum Gasteiger partial charge on any atom is 0.123 e. The highest BCUT2D eigenvalue weighted by molar-refractivity contribution is 5.10. The molecule has 24 heavy (non-hydrogen) atoms. The smallest absolute Gasteiger partial charge is 0.123 e. The Hall–Kier alpha value is -1.73. The first-order chi connectivity index (χ1) is 11.5. The maximum absolute atomic E-state index is 11.1. The molecule has 1 fully saturated rings. The van der Waals surface area contributed by atoms with Gasteiger partial charge in [-0.05, 0) is 52.1 Å². The van der Waals surface area contributed by atoms with Crippen molar-refractivity contribution in [1.82, 2.24) is 29.7 Å². The number of piperidine rings is 1. The monoisotopic (exact) mass is 332 g/mol. The Morgan fingerprint density at radius 3 is 2.83 bits per heavy atom. The van der Waals surface area contributed by atoms with Crippen molar-refractivity contribution >= 4 is 0 Å². The van der Waals surface area contributed by atoms with Gasteiger partial charge in [-0.25, -0.2) is 4.68 Å². The molecular formula is C17H28N6O. The molecule has 2 aromatic heterocycles. The molecule has 3 heterocycles. The Balaban J connectivity index is 1.62. The topological polar surface area (TPSA) is 72.0 Å². The molecule has 0 radical (unpaired) electrons. The third-order valence-electron chi connectivity index (χ3n) is 4.79. The van der Waals surface area contributed by atoms with E-state index in [1.54, 1.807) is 0 Å². The van der Waals surface area contributed by atoms with Gasteiger partial charge in [0, 0.05) is 31.9 Å². The predicted octanol–water partition coefficient (Wildman–Crippen LogP) is 1.60. The molecule has 1 aliphatic rings. The first-order valence-electron chi connectivity index (χ1n) is 8.88. The molecule has 1 aliphatic heterocycles. The van der Waals surface area contributed by atoms with Crippen molar-refractivity contribution in [2.45, 2.75) is 58.2 Å². The minimum Gasteiger partial charge on any atom is -0.382 e. The molecule has 0 aliphatic carbocycles. The molecule has 0 amide bonds. The molecule has 7 nitrogen and oxygen atoms in total. The summed E-state index contributed by atoms with van der Waals surface area (Å²) in [7, 11) is 0. The average Bonchev–Trinajstić information content (AvgIpc) is 3.22. The van der Waals surface area contributed by atoms with Gasteiger partial charge in [-0.15, -0.1) is 5.10 Å². The van der Waals surface area contributed by atoms with E-state index < -0.39 is 5.60 Å². The number of β-amino-alcohol motifs (C(OH)–C–C–N with tert-alkyl or cyclic N) is 1. The highest BCUT2D eigenvalue weighted by Crippen LogP contribution is 2.30. The molecule has 1 saturated heterocycles. The molecule has 0 aromatic carbocycles. The summed E-state index contributed by atoms with van der Waals surface area (Å²) < 4.78 is 3.76. The van der Waals surface area contributed by atoms with E-state index in [9.17, 15) is 5.11 Å². The van der Waals surface area contributed by atoms with Crippen LogP contribution in [0.4, 0.5) is 0 Å². The minimum atomic E-state index is -0.890. The lowest BCUT2D eigenvalue weighted by Gasteiger charge is -2.38. The molecule has 0 saturated carbocycles. The number of aryl methyl sites for hydroxylation is 1. The van der Waals surface area contributed by atoms with E-state index in [1.807, 2.05) is 21.8 Å². The fourth-order valence-electron chi connectivity index (χ4n) is 3.26. The number of hydrogen-bond acceptors (Lipinski definition) is 5. The maximum atomic E-state index is 11.1. The van der Waals surface area contributed by atoms with Gasteiger partial charge in [-0.3, -0.25) is 9.58 Å². The second-order valence-electron chi connectivity index (χ2n) is 7.04. The van der Waals surface area contributed by atoms with E-state index in [4.69, 9.17) is 0 Å². The standard InChI is InChI=1S/C17H28N6O/c1-4-22-11-15(10-18-22)6-9-21-8-5-7-17(24,13-21)16-12-23(14(2)3)20-19-16/h10-12,14,24H,4-9,13H2,1-3H3/t17-/m1/s1. The van der Waals surface area contributed by atoms with Crippen LogP contribution in [0.5, 0.6) is 0 Å². The lowest BCUT2D eigenvalue weighted by molar-refractivity contribution is -0.0385. The van der Waals surface area contributed by atoms with Crippen LogP contribution in [-0.4, -0.2) is 54.4 Å². The summed E-state index contributed by atoms with van der Waals surface area (Å²) in [4.78, 5) is 2.32. The Bertz CT molecular complexity index is 664. The molecule has 7 heteroatoms. The Labute approximate surface area is 143 Å². The molecule has 0 spiro atoms. The van der Waals surface area contributed by atoms with Gasteiger partial charge >= 0.3 is 0 Å². The summed E-state index contributed by atoms with van der Waals surface area (Å²) >= 11 is 0. The van der Waals surface area contributed by atoms with Crippen LogP contribution in [0.1, 0.15) is 50.9 Å². The van der Waals surface area contributed by atoms with Crippen molar-refractivity contribution in [2.24, 2.45) is 0 Å². The summed E-state index contributed by atoms with van der Waals surface area (Å²) in [6.07, 6.45) is 8.60. The molecule has 1 atom stereocenters. The quantitative estimate of drug-likeness (QED) is 0.870. The van der Waals surface area contributed by atoms with Crippen LogP contribution in [0, 0.1) is 0 Å². The molecule has 0 bridgehead atoms. The van der Waals surface area contributed by atoms with Crippen LogP contribution in [0.15, 0.2) is 18.6 Å². The van der Waals surface area contributed by atoms with Crippen molar-refractivity contribution in [3.05, 3.63) is 29.8 Å². The van der Waals surface area contributed by atoms with Crippen LogP contribution in [0.2, 0.25) is 0 Å². The minimum absolute atomic E-state index is 0.254. The molecule has 132 valence electrons. The Kier molecular flexibility index (Phi) is 5.01. The second-order valence-corrected chi connectivity index (χ2v) is 7.04. The number of nitrogens with zero attached hydrogens (tertiary/aromatic N) is 6. The zero-order chi connectivity index (χ0) is 17.2. The Morgan fingerprint density at radius 2 is 2.17 bits per heavy atom. The van der Waals surface area contributed by atoms with Crippen LogP contribution in [0.25, 0.3) is 0 Å². The number of likely N-dealkylation sites (tertiary alicyclic amines) is 1. The third kappa shape index (κ3) is 3.67. The van der Waals surface area contributed by atoms with Gasteiger partial charge in [0.05, 0.1) is 12.4 Å². The van der Waals surface area contributed by atoms with E-state index in [2.05, 4.69) is 47.3 Å². The van der Waals surface area contributed by atoms with Gasteiger partial charge in [0.1, 0.15) is 11.3 Å². The highest BCUT2D eigenvalue weighted by atomic mass is 16.3. The molecule has 0 unspecified atom stereocenters. The van der Waals surface area contributed by atoms with Crippen LogP contribution in [-0.2, 0) is 18.6 Å². The Morgan fingerprint density at radius 1 is 1.33 bits per heavy atom. The van der Waals surface area contributed by atoms with Gasteiger partial charge < -0.3 is 5.11 Å². The van der Waals surface area contributed by atoms with Gasteiger partial charge in [0.15, 0.2) is 0 Å².